The SMILES string of the molecule is CCC(CC)N1C(=O)Cc2cnc(Cc3ccc(N4CCNCC4)cn3)nc21. The zero-order chi connectivity index (χ0) is 19.5. The summed E-state index contributed by atoms with van der Waals surface area (Å²) in [7, 11) is 0. The molecular formula is C21H28N6O. The third kappa shape index (κ3) is 3.71. The number of fused-ring (bicyclic) bond motifs is 1. The Morgan fingerprint density at radius 1 is 1.11 bits per heavy atom. The van der Waals surface area contributed by atoms with Gasteiger partial charge in [-0.2, -0.15) is 0 Å². The number of pyridine rings is 1. The van der Waals surface area contributed by atoms with Gasteiger partial charge in [-0.05, 0) is 25.0 Å². The first kappa shape index (κ1) is 18.8. The monoisotopic (exact) mass is 380 g/mol. The zero-order valence-electron chi connectivity index (χ0n) is 16.7. The Balaban J connectivity index is 1.51. The maximum absolute atomic E-state index is 12.5. The summed E-state index contributed by atoms with van der Waals surface area (Å²) in [6.07, 6.45) is 6.58. The Hall–Kier alpha value is -2.54. The number of aromatic nitrogens is 3. The van der Waals surface area contributed by atoms with Crippen LogP contribution in [0, 0.1) is 0 Å². The fourth-order valence-corrected chi connectivity index (χ4v) is 4.04. The first-order valence-electron chi connectivity index (χ1n) is 10.3. The van der Waals surface area contributed by atoms with E-state index in [9.17, 15) is 4.79 Å². The van der Waals surface area contributed by atoms with E-state index in [1.807, 2.05) is 17.3 Å². The number of carbonyl (C=O) groups is 1. The molecule has 4 rings (SSSR count). The lowest BCUT2D eigenvalue weighted by molar-refractivity contribution is -0.117. The van der Waals surface area contributed by atoms with Crippen LogP contribution in [-0.4, -0.2) is 53.1 Å². The molecule has 2 aliphatic rings. The standard InChI is InChI=1S/C21H28N6O/c1-3-17(4-2)27-20(28)11-15-13-24-19(25-21(15)27)12-16-5-6-18(14-23-16)26-9-7-22-8-10-26/h5-6,13-14,17,22H,3-4,7-12H2,1-2H3. The van der Waals surface area contributed by atoms with Crippen molar-refractivity contribution in [3.05, 3.63) is 41.6 Å². The van der Waals surface area contributed by atoms with Crippen LogP contribution in [0.2, 0.25) is 0 Å². The average molecular weight is 380 g/mol. The van der Waals surface area contributed by atoms with Gasteiger partial charge in [0.25, 0.3) is 0 Å². The lowest BCUT2D eigenvalue weighted by Gasteiger charge is -2.29. The Bertz CT molecular complexity index is 827. The summed E-state index contributed by atoms with van der Waals surface area (Å²) in [6.45, 7) is 8.27. The normalized spacial score (nSPS) is 16.8. The molecule has 0 aliphatic carbocycles. The quantitative estimate of drug-likeness (QED) is 0.826. The molecule has 0 spiro atoms. The molecule has 4 heterocycles. The van der Waals surface area contributed by atoms with Gasteiger partial charge in [-0.15, -0.1) is 0 Å². The first-order chi connectivity index (χ1) is 13.7. The van der Waals surface area contributed by atoms with Gasteiger partial charge in [0, 0.05) is 49.7 Å². The van der Waals surface area contributed by atoms with Gasteiger partial charge in [0.05, 0.1) is 24.7 Å². The average Bonchev–Trinajstić information content (AvgIpc) is 3.06. The van der Waals surface area contributed by atoms with Gasteiger partial charge in [0.2, 0.25) is 5.91 Å². The molecule has 0 saturated carbocycles. The smallest absolute Gasteiger partial charge is 0.233 e. The van der Waals surface area contributed by atoms with Crippen LogP contribution in [0.4, 0.5) is 11.5 Å². The van der Waals surface area contributed by atoms with E-state index >= 15 is 0 Å². The highest BCUT2D eigenvalue weighted by molar-refractivity contribution is 6.00. The summed E-state index contributed by atoms with van der Waals surface area (Å²) in [5.74, 6) is 1.64. The van der Waals surface area contributed by atoms with Gasteiger partial charge >= 0.3 is 0 Å². The molecule has 0 bridgehead atoms. The fraction of sp³-hybridized carbons (Fsp3) is 0.524. The number of carbonyl (C=O) groups excluding carboxylic acids is 1. The topological polar surface area (TPSA) is 74.2 Å². The lowest BCUT2D eigenvalue weighted by atomic mass is 10.1. The number of hydrogen-bond donors (Lipinski definition) is 1. The van der Waals surface area contributed by atoms with Crippen molar-refractivity contribution in [1.82, 2.24) is 20.3 Å². The maximum Gasteiger partial charge on any atom is 0.233 e. The molecule has 7 nitrogen and oxygen atoms in total. The van der Waals surface area contributed by atoms with Crippen molar-refractivity contribution in [3.63, 3.8) is 0 Å². The van der Waals surface area contributed by atoms with E-state index in [-0.39, 0.29) is 11.9 Å². The Kier molecular flexibility index (Phi) is 5.52. The highest BCUT2D eigenvalue weighted by Gasteiger charge is 2.33. The van der Waals surface area contributed by atoms with E-state index in [4.69, 9.17) is 4.98 Å². The van der Waals surface area contributed by atoms with E-state index in [1.165, 1.54) is 0 Å². The molecule has 0 atom stereocenters. The van der Waals surface area contributed by atoms with Gasteiger partial charge in [-0.25, -0.2) is 9.97 Å². The van der Waals surface area contributed by atoms with Crippen LogP contribution in [0.5, 0.6) is 0 Å². The molecular weight excluding hydrogens is 352 g/mol. The second-order valence-corrected chi connectivity index (χ2v) is 7.47. The number of hydrogen-bond acceptors (Lipinski definition) is 6. The van der Waals surface area contributed by atoms with Gasteiger partial charge in [0.15, 0.2) is 0 Å². The number of nitrogens with zero attached hydrogens (tertiary/aromatic N) is 5. The van der Waals surface area contributed by atoms with E-state index in [2.05, 4.69) is 46.2 Å². The number of anilines is 2. The van der Waals surface area contributed by atoms with Gasteiger partial charge in [-0.3, -0.25) is 14.7 Å². The molecule has 28 heavy (non-hydrogen) atoms. The van der Waals surface area contributed by atoms with E-state index in [1.54, 1.807) is 0 Å². The predicted octanol–water partition coefficient (Wildman–Crippen LogP) is 1.95. The summed E-state index contributed by atoms with van der Waals surface area (Å²) in [5.41, 5.74) is 3.03. The number of rotatable bonds is 6. The molecule has 2 aromatic heterocycles. The van der Waals surface area contributed by atoms with Crippen molar-refractivity contribution in [1.29, 1.82) is 0 Å². The van der Waals surface area contributed by atoms with Crippen molar-refractivity contribution >= 4 is 17.4 Å². The molecule has 148 valence electrons. The molecule has 0 aromatic carbocycles. The Morgan fingerprint density at radius 3 is 2.57 bits per heavy atom. The first-order valence-corrected chi connectivity index (χ1v) is 10.3. The van der Waals surface area contributed by atoms with Crippen molar-refractivity contribution in [2.45, 2.75) is 45.6 Å². The zero-order valence-corrected chi connectivity index (χ0v) is 16.7. The maximum atomic E-state index is 12.5. The van der Waals surface area contributed by atoms with Crippen LogP contribution in [0.1, 0.15) is 43.8 Å². The number of amides is 1. The molecule has 2 aromatic rings. The highest BCUT2D eigenvalue weighted by Crippen LogP contribution is 2.30. The molecule has 1 amide bonds. The largest absolute Gasteiger partial charge is 0.368 e. The third-order valence-electron chi connectivity index (χ3n) is 5.67. The van der Waals surface area contributed by atoms with Crippen LogP contribution in [0.15, 0.2) is 24.5 Å². The van der Waals surface area contributed by atoms with E-state index in [0.717, 1.165) is 61.8 Å². The summed E-state index contributed by atoms with van der Waals surface area (Å²) in [5, 5.41) is 3.37. The molecule has 7 heteroatoms. The van der Waals surface area contributed by atoms with Crippen LogP contribution < -0.4 is 15.1 Å². The third-order valence-corrected chi connectivity index (χ3v) is 5.67. The minimum Gasteiger partial charge on any atom is -0.368 e. The second-order valence-electron chi connectivity index (χ2n) is 7.47. The molecule has 0 radical (unpaired) electrons. The van der Waals surface area contributed by atoms with Crippen molar-refractivity contribution < 1.29 is 4.79 Å². The van der Waals surface area contributed by atoms with E-state index in [0.29, 0.717) is 18.7 Å². The van der Waals surface area contributed by atoms with Crippen molar-refractivity contribution in [2.75, 3.05) is 36.0 Å². The second kappa shape index (κ2) is 8.22. The molecule has 0 unspecified atom stereocenters. The van der Waals surface area contributed by atoms with Crippen LogP contribution >= 0.6 is 0 Å². The predicted molar refractivity (Wildman–Crippen MR) is 110 cm³/mol. The molecule has 1 N–H and O–H groups in total. The summed E-state index contributed by atoms with van der Waals surface area (Å²) < 4.78 is 0. The molecule has 1 saturated heterocycles. The summed E-state index contributed by atoms with van der Waals surface area (Å²) >= 11 is 0. The van der Waals surface area contributed by atoms with Crippen molar-refractivity contribution in [3.8, 4) is 0 Å². The lowest BCUT2D eigenvalue weighted by Crippen LogP contribution is -2.43. The number of piperazine rings is 1. The minimum atomic E-state index is 0.133. The van der Waals surface area contributed by atoms with Crippen molar-refractivity contribution in [2.24, 2.45) is 0 Å². The number of nitrogens with one attached hydrogen (secondary N) is 1. The Labute approximate surface area is 166 Å². The van der Waals surface area contributed by atoms with Gasteiger partial charge in [0.1, 0.15) is 11.6 Å². The fourth-order valence-electron chi connectivity index (χ4n) is 4.04. The summed E-state index contributed by atoms with van der Waals surface area (Å²) in [4.78, 5) is 30.6. The van der Waals surface area contributed by atoms with E-state index < -0.39 is 0 Å². The van der Waals surface area contributed by atoms with Crippen LogP contribution in [0.25, 0.3) is 0 Å². The van der Waals surface area contributed by atoms with Crippen LogP contribution in [0.3, 0.4) is 0 Å². The summed E-state index contributed by atoms with van der Waals surface area (Å²) in [6, 6.07) is 4.38. The van der Waals surface area contributed by atoms with Gasteiger partial charge < -0.3 is 10.2 Å². The highest BCUT2D eigenvalue weighted by atomic mass is 16.2. The molecule has 1 fully saturated rings. The minimum absolute atomic E-state index is 0.133. The molecule has 2 aliphatic heterocycles. The van der Waals surface area contributed by atoms with Crippen LogP contribution in [-0.2, 0) is 17.6 Å². The van der Waals surface area contributed by atoms with Gasteiger partial charge in [-0.1, -0.05) is 13.8 Å². The Morgan fingerprint density at radius 2 is 1.89 bits per heavy atom.